The first-order valence-corrected chi connectivity index (χ1v) is 7.41. The molecule has 0 unspecified atom stereocenters. The standard InChI is InChI=1S/C15H14O2S2/c1-2-17-15(18)19-10-14(16)13-8-7-11-5-3-4-6-12(11)9-13/h3-9H,2,10H2,1H3. The van der Waals surface area contributed by atoms with Gasteiger partial charge in [0.05, 0.1) is 12.4 Å². The van der Waals surface area contributed by atoms with Gasteiger partial charge < -0.3 is 4.74 Å². The molecular formula is C15H14O2S2. The maximum absolute atomic E-state index is 12.1. The van der Waals surface area contributed by atoms with Crippen molar-refractivity contribution >= 4 is 44.9 Å². The minimum absolute atomic E-state index is 0.0674. The summed E-state index contributed by atoms with van der Waals surface area (Å²) in [7, 11) is 0. The van der Waals surface area contributed by atoms with Crippen LogP contribution in [0.3, 0.4) is 0 Å². The Hall–Kier alpha value is -1.39. The van der Waals surface area contributed by atoms with E-state index in [1.165, 1.54) is 11.8 Å². The Labute approximate surface area is 122 Å². The quantitative estimate of drug-likeness (QED) is 0.626. The molecule has 0 fully saturated rings. The van der Waals surface area contributed by atoms with Gasteiger partial charge in [0, 0.05) is 5.56 Å². The highest BCUT2D eigenvalue weighted by molar-refractivity contribution is 8.23. The Morgan fingerprint density at radius 1 is 1.21 bits per heavy atom. The topological polar surface area (TPSA) is 26.3 Å². The summed E-state index contributed by atoms with van der Waals surface area (Å²) < 4.78 is 5.57. The lowest BCUT2D eigenvalue weighted by Crippen LogP contribution is -2.06. The van der Waals surface area contributed by atoms with Crippen LogP contribution in [0.15, 0.2) is 42.5 Å². The number of ether oxygens (including phenoxy) is 1. The number of carbonyl (C=O) groups excluding carboxylic acids is 1. The summed E-state index contributed by atoms with van der Waals surface area (Å²) in [6.07, 6.45) is 0. The number of Topliss-reactive ketones (excluding diaryl/α,β-unsaturated/α-hetero) is 1. The molecule has 0 bridgehead atoms. The molecule has 0 saturated carbocycles. The van der Waals surface area contributed by atoms with E-state index in [0.717, 1.165) is 10.8 Å². The number of thiocarbonyl (C=S) groups is 1. The lowest BCUT2D eigenvalue weighted by Gasteiger charge is -2.05. The second kappa shape index (κ2) is 6.68. The van der Waals surface area contributed by atoms with Crippen molar-refractivity contribution in [3.8, 4) is 0 Å². The van der Waals surface area contributed by atoms with E-state index in [4.69, 9.17) is 17.0 Å². The van der Waals surface area contributed by atoms with Crippen molar-refractivity contribution in [3.05, 3.63) is 48.0 Å². The lowest BCUT2D eigenvalue weighted by molar-refractivity contribution is 0.102. The Kier molecular flexibility index (Phi) is 4.93. The molecule has 0 atom stereocenters. The van der Waals surface area contributed by atoms with E-state index in [1.807, 2.05) is 49.4 Å². The van der Waals surface area contributed by atoms with Gasteiger partial charge in [-0.1, -0.05) is 48.2 Å². The maximum Gasteiger partial charge on any atom is 0.220 e. The molecule has 2 rings (SSSR count). The largest absolute Gasteiger partial charge is 0.479 e. The summed E-state index contributed by atoms with van der Waals surface area (Å²) in [6.45, 7) is 2.41. The minimum Gasteiger partial charge on any atom is -0.479 e. The number of hydrogen-bond acceptors (Lipinski definition) is 4. The number of hydrogen-bond donors (Lipinski definition) is 0. The molecule has 0 aliphatic rings. The van der Waals surface area contributed by atoms with Crippen LogP contribution in [0.4, 0.5) is 0 Å². The Morgan fingerprint density at radius 3 is 2.68 bits per heavy atom. The van der Waals surface area contributed by atoms with E-state index in [0.29, 0.717) is 22.3 Å². The molecule has 0 N–H and O–H groups in total. The van der Waals surface area contributed by atoms with Gasteiger partial charge in [0.25, 0.3) is 0 Å². The summed E-state index contributed by atoms with van der Waals surface area (Å²) in [4.78, 5) is 12.1. The number of thioether (sulfide) groups is 1. The molecule has 0 aliphatic carbocycles. The number of rotatable bonds is 4. The van der Waals surface area contributed by atoms with Crippen molar-refractivity contribution in [2.45, 2.75) is 6.92 Å². The average molecular weight is 290 g/mol. The third kappa shape index (κ3) is 3.78. The summed E-state index contributed by atoms with van der Waals surface area (Å²) >= 11 is 6.26. The third-order valence-corrected chi connectivity index (χ3v) is 3.89. The molecule has 2 nitrogen and oxygen atoms in total. The highest BCUT2D eigenvalue weighted by atomic mass is 32.2. The first-order valence-electron chi connectivity index (χ1n) is 6.02. The van der Waals surface area contributed by atoms with Crippen molar-refractivity contribution in [1.29, 1.82) is 0 Å². The molecule has 0 saturated heterocycles. The SMILES string of the molecule is CCOC(=S)SCC(=O)c1ccc2ccccc2c1. The monoisotopic (exact) mass is 290 g/mol. The molecule has 4 heteroatoms. The molecular weight excluding hydrogens is 276 g/mol. The lowest BCUT2D eigenvalue weighted by atomic mass is 10.1. The molecule has 19 heavy (non-hydrogen) atoms. The fraction of sp³-hybridized carbons (Fsp3) is 0.200. The van der Waals surface area contributed by atoms with Crippen molar-refractivity contribution in [3.63, 3.8) is 0 Å². The zero-order valence-corrected chi connectivity index (χ0v) is 12.2. The maximum atomic E-state index is 12.1. The van der Waals surface area contributed by atoms with Crippen LogP contribution in [0.2, 0.25) is 0 Å². The second-order valence-electron chi connectivity index (χ2n) is 3.96. The van der Waals surface area contributed by atoms with E-state index in [1.54, 1.807) is 0 Å². The highest BCUT2D eigenvalue weighted by Gasteiger charge is 2.09. The Balaban J connectivity index is 2.07. The first-order chi connectivity index (χ1) is 9.20. The van der Waals surface area contributed by atoms with E-state index in [-0.39, 0.29) is 5.78 Å². The highest BCUT2D eigenvalue weighted by Crippen LogP contribution is 2.17. The molecule has 2 aromatic carbocycles. The molecule has 2 aromatic rings. The predicted molar refractivity (Wildman–Crippen MR) is 85.0 cm³/mol. The molecule has 0 aromatic heterocycles. The third-order valence-electron chi connectivity index (χ3n) is 2.65. The Bertz CT molecular complexity index is 608. The van der Waals surface area contributed by atoms with Crippen LogP contribution in [0.25, 0.3) is 10.8 Å². The number of benzene rings is 2. The van der Waals surface area contributed by atoms with E-state index in [2.05, 4.69) is 0 Å². The van der Waals surface area contributed by atoms with Gasteiger partial charge in [-0.05, 0) is 36.0 Å². The second-order valence-corrected chi connectivity index (χ2v) is 5.53. The van der Waals surface area contributed by atoms with Gasteiger partial charge >= 0.3 is 0 Å². The molecule has 0 aliphatic heterocycles. The van der Waals surface area contributed by atoms with Crippen molar-refractivity contribution in [1.82, 2.24) is 0 Å². The number of carbonyl (C=O) groups is 1. The van der Waals surface area contributed by atoms with Gasteiger partial charge in [-0.2, -0.15) is 0 Å². The van der Waals surface area contributed by atoms with Gasteiger partial charge in [-0.3, -0.25) is 4.79 Å². The van der Waals surface area contributed by atoms with Gasteiger partial charge in [0.2, 0.25) is 4.38 Å². The summed E-state index contributed by atoms with van der Waals surface area (Å²) in [5, 5.41) is 2.21. The summed E-state index contributed by atoms with van der Waals surface area (Å²) in [5.41, 5.74) is 0.713. The minimum atomic E-state index is 0.0674. The zero-order chi connectivity index (χ0) is 13.7. The molecule has 0 heterocycles. The molecule has 0 radical (unpaired) electrons. The van der Waals surface area contributed by atoms with Crippen molar-refractivity contribution in [2.75, 3.05) is 12.4 Å². The van der Waals surface area contributed by atoms with Gasteiger partial charge in [0.1, 0.15) is 0 Å². The van der Waals surface area contributed by atoms with Crippen LogP contribution >= 0.6 is 24.0 Å². The Morgan fingerprint density at radius 2 is 1.95 bits per heavy atom. The van der Waals surface area contributed by atoms with E-state index < -0.39 is 0 Å². The van der Waals surface area contributed by atoms with Gasteiger partial charge in [0.15, 0.2) is 5.78 Å². The van der Waals surface area contributed by atoms with Crippen molar-refractivity contribution < 1.29 is 9.53 Å². The molecule has 98 valence electrons. The fourth-order valence-corrected chi connectivity index (χ4v) is 2.64. The van der Waals surface area contributed by atoms with Gasteiger partial charge in [-0.15, -0.1) is 0 Å². The average Bonchev–Trinajstić information content (AvgIpc) is 2.44. The summed E-state index contributed by atoms with van der Waals surface area (Å²) in [6, 6.07) is 13.7. The predicted octanol–water partition coefficient (Wildman–Crippen LogP) is 4.08. The summed E-state index contributed by atoms with van der Waals surface area (Å²) in [5.74, 6) is 0.384. The smallest absolute Gasteiger partial charge is 0.220 e. The van der Waals surface area contributed by atoms with Crippen LogP contribution in [0.5, 0.6) is 0 Å². The fourth-order valence-electron chi connectivity index (χ4n) is 1.73. The van der Waals surface area contributed by atoms with Crippen molar-refractivity contribution in [2.24, 2.45) is 0 Å². The van der Waals surface area contributed by atoms with Crippen LogP contribution in [-0.4, -0.2) is 22.5 Å². The molecule has 0 amide bonds. The zero-order valence-electron chi connectivity index (χ0n) is 10.6. The van der Waals surface area contributed by atoms with Crippen LogP contribution < -0.4 is 0 Å². The van der Waals surface area contributed by atoms with Crippen LogP contribution in [-0.2, 0) is 4.74 Å². The normalized spacial score (nSPS) is 10.4. The molecule has 0 spiro atoms. The first kappa shape index (κ1) is 14.0. The van der Waals surface area contributed by atoms with Gasteiger partial charge in [-0.25, -0.2) is 0 Å². The van der Waals surface area contributed by atoms with Crippen LogP contribution in [0, 0.1) is 0 Å². The van der Waals surface area contributed by atoms with Crippen LogP contribution in [0.1, 0.15) is 17.3 Å². The van der Waals surface area contributed by atoms with E-state index >= 15 is 0 Å². The number of ketones is 1. The van der Waals surface area contributed by atoms with E-state index in [9.17, 15) is 4.79 Å². The number of fused-ring (bicyclic) bond motifs is 1.